The summed E-state index contributed by atoms with van der Waals surface area (Å²) in [6.45, 7) is 9.32. The standard InChI is InChI=1S/C19H29ClN4O2/c1-19(2,3)26-18(25)24-10-6-15(7-11-24)14-4-8-23(9-5-14)17-21-12-16(20)13-22-17/h12-15H,4-11H2,1-3H3. The third-order valence-electron chi connectivity index (χ3n) is 5.29. The van der Waals surface area contributed by atoms with Crippen molar-refractivity contribution in [3.8, 4) is 0 Å². The van der Waals surface area contributed by atoms with Crippen LogP contribution in [0.3, 0.4) is 0 Å². The minimum atomic E-state index is -0.426. The van der Waals surface area contributed by atoms with Gasteiger partial charge in [-0.3, -0.25) is 0 Å². The van der Waals surface area contributed by atoms with E-state index < -0.39 is 5.60 Å². The lowest BCUT2D eigenvalue weighted by Gasteiger charge is -2.40. The summed E-state index contributed by atoms with van der Waals surface area (Å²) in [5.74, 6) is 2.19. The van der Waals surface area contributed by atoms with Crippen LogP contribution >= 0.6 is 11.6 Å². The molecule has 0 radical (unpaired) electrons. The molecule has 0 bridgehead atoms. The van der Waals surface area contributed by atoms with Crippen LogP contribution in [0.15, 0.2) is 12.4 Å². The van der Waals surface area contributed by atoms with Crippen LogP contribution in [-0.4, -0.2) is 52.7 Å². The Labute approximate surface area is 160 Å². The van der Waals surface area contributed by atoms with Gasteiger partial charge in [-0.2, -0.15) is 0 Å². The van der Waals surface area contributed by atoms with Crippen molar-refractivity contribution < 1.29 is 9.53 Å². The molecule has 2 aliphatic heterocycles. The van der Waals surface area contributed by atoms with Crippen molar-refractivity contribution in [1.29, 1.82) is 0 Å². The molecule has 7 heteroatoms. The molecule has 6 nitrogen and oxygen atoms in total. The van der Waals surface area contributed by atoms with E-state index in [1.807, 2.05) is 25.7 Å². The number of carbonyl (C=O) groups excluding carboxylic acids is 1. The van der Waals surface area contributed by atoms with Crippen LogP contribution in [0.5, 0.6) is 0 Å². The van der Waals surface area contributed by atoms with Crippen molar-refractivity contribution in [3.63, 3.8) is 0 Å². The summed E-state index contributed by atoms with van der Waals surface area (Å²) < 4.78 is 5.49. The first-order valence-corrected chi connectivity index (χ1v) is 9.90. The van der Waals surface area contributed by atoms with Gasteiger partial charge in [0.2, 0.25) is 5.95 Å². The molecule has 1 amide bonds. The molecule has 2 saturated heterocycles. The Bertz CT molecular complexity index is 601. The number of amides is 1. The van der Waals surface area contributed by atoms with Crippen LogP contribution in [0, 0.1) is 11.8 Å². The molecule has 3 rings (SSSR count). The zero-order valence-corrected chi connectivity index (χ0v) is 16.7. The van der Waals surface area contributed by atoms with E-state index in [1.165, 1.54) is 0 Å². The van der Waals surface area contributed by atoms with Gasteiger partial charge in [-0.15, -0.1) is 0 Å². The van der Waals surface area contributed by atoms with E-state index in [-0.39, 0.29) is 6.09 Å². The molecule has 0 saturated carbocycles. The van der Waals surface area contributed by atoms with E-state index in [0.29, 0.717) is 10.9 Å². The molecule has 1 aromatic rings. The number of rotatable bonds is 2. The zero-order chi connectivity index (χ0) is 18.7. The van der Waals surface area contributed by atoms with Crippen LogP contribution in [0.25, 0.3) is 0 Å². The van der Waals surface area contributed by atoms with Gasteiger partial charge in [-0.25, -0.2) is 14.8 Å². The fourth-order valence-electron chi connectivity index (χ4n) is 3.92. The maximum Gasteiger partial charge on any atom is 0.410 e. The number of hydrogen-bond donors (Lipinski definition) is 0. The van der Waals surface area contributed by atoms with Crippen molar-refractivity contribution in [2.24, 2.45) is 11.8 Å². The number of hydrogen-bond acceptors (Lipinski definition) is 5. The quantitative estimate of drug-likeness (QED) is 0.776. The number of nitrogens with zero attached hydrogens (tertiary/aromatic N) is 4. The van der Waals surface area contributed by atoms with Crippen LogP contribution in [0.1, 0.15) is 46.5 Å². The third-order valence-corrected chi connectivity index (χ3v) is 5.48. The van der Waals surface area contributed by atoms with Gasteiger partial charge in [-0.1, -0.05) is 11.6 Å². The van der Waals surface area contributed by atoms with Gasteiger partial charge in [0, 0.05) is 26.2 Å². The van der Waals surface area contributed by atoms with Gasteiger partial charge in [0.15, 0.2) is 0 Å². The Kier molecular flexibility index (Phi) is 5.90. The van der Waals surface area contributed by atoms with Gasteiger partial charge in [0.1, 0.15) is 5.60 Å². The summed E-state index contributed by atoms with van der Waals surface area (Å²) in [4.78, 5) is 24.9. The predicted molar refractivity (Wildman–Crippen MR) is 103 cm³/mol. The van der Waals surface area contributed by atoms with Crippen molar-refractivity contribution >= 4 is 23.6 Å². The molecule has 0 unspecified atom stereocenters. The lowest BCUT2D eigenvalue weighted by molar-refractivity contribution is 0.0152. The molecular formula is C19H29ClN4O2. The molecule has 3 heterocycles. The minimum absolute atomic E-state index is 0.175. The Morgan fingerprint density at radius 3 is 2.04 bits per heavy atom. The van der Waals surface area contributed by atoms with E-state index in [4.69, 9.17) is 16.3 Å². The first-order chi connectivity index (χ1) is 12.3. The third kappa shape index (κ3) is 5.00. The molecule has 0 N–H and O–H groups in total. The molecule has 0 atom stereocenters. The van der Waals surface area contributed by atoms with Gasteiger partial charge in [0.25, 0.3) is 0 Å². The lowest BCUT2D eigenvalue weighted by Crippen LogP contribution is -2.44. The average molecular weight is 381 g/mol. The van der Waals surface area contributed by atoms with Gasteiger partial charge >= 0.3 is 6.09 Å². The molecule has 26 heavy (non-hydrogen) atoms. The number of piperidine rings is 2. The Hall–Kier alpha value is -1.56. The number of carbonyl (C=O) groups is 1. The highest BCUT2D eigenvalue weighted by atomic mass is 35.5. The normalized spacial score (nSPS) is 20.3. The number of halogens is 1. The second-order valence-corrected chi connectivity index (χ2v) is 8.77. The monoisotopic (exact) mass is 380 g/mol. The first-order valence-electron chi connectivity index (χ1n) is 9.52. The SMILES string of the molecule is CC(C)(C)OC(=O)N1CCC(C2CCN(c3ncc(Cl)cn3)CC2)CC1. The van der Waals surface area contributed by atoms with Crippen molar-refractivity contribution in [1.82, 2.24) is 14.9 Å². The Balaban J connectivity index is 1.45. The highest BCUT2D eigenvalue weighted by Gasteiger charge is 2.32. The average Bonchev–Trinajstić information content (AvgIpc) is 2.61. The van der Waals surface area contributed by atoms with Crippen LogP contribution < -0.4 is 4.90 Å². The van der Waals surface area contributed by atoms with E-state index in [9.17, 15) is 4.79 Å². The summed E-state index contributed by atoms with van der Waals surface area (Å²) in [7, 11) is 0. The second kappa shape index (κ2) is 7.99. The maximum absolute atomic E-state index is 12.2. The summed E-state index contributed by atoms with van der Waals surface area (Å²) in [5.41, 5.74) is -0.426. The summed E-state index contributed by atoms with van der Waals surface area (Å²) >= 11 is 5.86. The summed E-state index contributed by atoms with van der Waals surface area (Å²) in [6, 6.07) is 0. The molecular weight excluding hydrogens is 352 g/mol. The molecule has 2 fully saturated rings. The predicted octanol–water partition coefficient (Wildman–Crippen LogP) is 3.99. The van der Waals surface area contributed by atoms with Crippen LogP contribution in [0.4, 0.5) is 10.7 Å². The molecule has 144 valence electrons. The molecule has 1 aromatic heterocycles. The fourth-order valence-corrected chi connectivity index (χ4v) is 4.02. The Morgan fingerprint density at radius 1 is 1.04 bits per heavy atom. The van der Waals surface area contributed by atoms with Crippen molar-refractivity contribution in [2.45, 2.75) is 52.1 Å². The summed E-state index contributed by atoms with van der Waals surface area (Å²) in [6.07, 6.45) is 7.59. The number of anilines is 1. The Morgan fingerprint density at radius 2 is 1.54 bits per heavy atom. The molecule has 0 aliphatic carbocycles. The molecule has 2 aliphatic rings. The van der Waals surface area contributed by atoms with Gasteiger partial charge in [-0.05, 0) is 58.3 Å². The van der Waals surface area contributed by atoms with E-state index in [2.05, 4.69) is 14.9 Å². The topological polar surface area (TPSA) is 58.6 Å². The lowest BCUT2D eigenvalue weighted by atomic mass is 9.79. The van der Waals surface area contributed by atoms with Crippen LogP contribution in [0.2, 0.25) is 5.02 Å². The second-order valence-electron chi connectivity index (χ2n) is 8.33. The highest BCUT2D eigenvalue weighted by Crippen LogP contribution is 2.33. The minimum Gasteiger partial charge on any atom is -0.444 e. The number of aromatic nitrogens is 2. The van der Waals surface area contributed by atoms with E-state index in [1.54, 1.807) is 12.4 Å². The largest absolute Gasteiger partial charge is 0.444 e. The van der Waals surface area contributed by atoms with Crippen molar-refractivity contribution in [2.75, 3.05) is 31.1 Å². The van der Waals surface area contributed by atoms with Gasteiger partial charge in [0.05, 0.1) is 17.4 Å². The van der Waals surface area contributed by atoms with Gasteiger partial charge < -0.3 is 14.5 Å². The van der Waals surface area contributed by atoms with Crippen LogP contribution in [-0.2, 0) is 4.74 Å². The summed E-state index contributed by atoms with van der Waals surface area (Å²) in [5, 5.41) is 0.570. The number of ether oxygens (including phenoxy) is 1. The number of likely N-dealkylation sites (tertiary alicyclic amines) is 1. The zero-order valence-electron chi connectivity index (χ0n) is 15.9. The van der Waals surface area contributed by atoms with E-state index >= 15 is 0 Å². The molecule has 0 spiro atoms. The fraction of sp³-hybridized carbons (Fsp3) is 0.737. The first kappa shape index (κ1) is 19.2. The maximum atomic E-state index is 12.2. The van der Waals surface area contributed by atoms with E-state index in [0.717, 1.165) is 63.7 Å². The molecule has 0 aromatic carbocycles. The smallest absolute Gasteiger partial charge is 0.410 e. The highest BCUT2D eigenvalue weighted by molar-refractivity contribution is 6.30. The van der Waals surface area contributed by atoms with Crippen molar-refractivity contribution in [3.05, 3.63) is 17.4 Å².